The molecule has 0 saturated carbocycles. The Labute approximate surface area is 108 Å². The summed E-state index contributed by atoms with van der Waals surface area (Å²) < 4.78 is 5.41. The third kappa shape index (κ3) is 2.90. The van der Waals surface area contributed by atoms with Gasteiger partial charge in [-0.1, -0.05) is 6.92 Å². The SMILES string of the molecule is CCOc1cc(N2CCC(C)C(CN)C2)ncn1. The van der Waals surface area contributed by atoms with Crippen molar-refractivity contribution < 1.29 is 4.74 Å². The Morgan fingerprint density at radius 3 is 3.06 bits per heavy atom. The van der Waals surface area contributed by atoms with Gasteiger partial charge >= 0.3 is 0 Å². The van der Waals surface area contributed by atoms with E-state index in [4.69, 9.17) is 10.5 Å². The number of nitrogens with zero attached hydrogens (tertiary/aromatic N) is 3. The van der Waals surface area contributed by atoms with Crippen molar-refractivity contribution in [3.8, 4) is 5.88 Å². The Morgan fingerprint density at radius 1 is 1.50 bits per heavy atom. The predicted molar refractivity (Wildman–Crippen MR) is 71.7 cm³/mol. The maximum atomic E-state index is 5.83. The topological polar surface area (TPSA) is 64.3 Å². The second-order valence-electron chi connectivity index (χ2n) is 4.86. The van der Waals surface area contributed by atoms with Crippen LogP contribution in [0.1, 0.15) is 20.3 Å². The highest BCUT2D eigenvalue weighted by Crippen LogP contribution is 2.26. The molecule has 1 aliphatic rings. The van der Waals surface area contributed by atoms with Crippen LogP contribution in [0.15, 0.2) is 12.4 Å². The van der Waals surface area contributed by atoms with E-state index in [2.05, 4.69) is 21.8 Å². The molecule has 5 nitrogen and oxygen atoms in total. The first-order valence-electron chi connectivity index (χ1n) is 6.64. The molecule has 100 valence electrons. The number of piperidine rings is 1. The van der Waals surface area contributed by atoms with Gasteiger partial charge in [0, 0.05) is 19.2 Å². The third-order valence-electron chi connectivity index (χ3n) is 3.66. The minimum Gasteiger partial charge on any atom is -0.478 e. The Morgan fingerprint density at radius 2 is 2.33 bits per heavy atom. The summed E-state index contributed by atoms with van der Waals surface area (Å²) >= 11 is 0. The molecule has 2 unspecified atom stereocenters. The summed E-state index contributed by atoms with van der Waals surface area (Å²) in [6.45, 7) is 7.59. The van der Waals surface area contributed by atoms with Crippen LogP contribution >= 0.6 is 0 Å². The fourth-order valence-electron chi connectivity index (χ4n) is 2.39. The summed E-state index contributed by atoms with van der Waals surface area (Å²) in [5, 5.41) is 0. The number of rotatable bonds is 4. The van der Waals surface area contributed by atoms with E-state index in [1.165, 1.54) is 0 Å². The van der Waals surface area contributed by atoms with Gasteiger partial charge in [0.05, 0.1) is 6.61 Å². The molecule has 2 N–H and O–H groups in total. The largest absolute Gasteiger partial charge is 0.478 e. The minimum atomic E-state index is 0.546. The number of nitrogens with two attached hydrogens (primary N) is 1. The lowest BCUT2D eigenvalue weighted by Gasteiger charge is -2.37. The standard InChI is InChI=1S/C13H22N4O/c1-3-18-13-6-12(15-9-16-13)17-5-4-10(2)11(7-14)8-17/h6,9-11H,3-5,7-8,14H2,1-2H3. The van der Waals surface area contributed by atoms with Gasteiger partial charge in [0.15, 0.2) is 0 Å². The first-order valence-corrected chi connectivity index (χ1v) is 6.64. The molecule has 2 atom stereocenters. The molecule has 0 aliphatic carbocycles. The smallest absolute Gasteiger partial charge is 0.218 e. The maximum absolute atomic E-state index is 5.83. The van der Waals surface area contributed by atoms with Crippen LogP contribution in [0.4, 0.5) is 5.82 Å². The summed E-state index contributed by atoms with van der Waals surface area (Å²) in [4.78, 5) is 10.7. The second-order valence-corrected chi connectivity index (χ2v) is 4.86. The van der Waals surface area contributed by atoms with E-state index in [1.807, 2.05) is 13.0 Å². The van der Waals surface area contributed by atoms with Gasteiger partial charge in [0.2, 0.25) is 5.88 Å². The molecule has 1 saturated heterocycles. The van der Waals surface area contributed by atoms with E-state index in [-0.39, 0.29) is 0 Å². The summed E-state index contributed by atoms with van der Waals surface area (Å²) in [5.41, 5.74) is 5.83. The zero-order chi connectivity index (χ0) is 13.0. The van der Waals surface area contributed by atoms with Crippen LogP contribution in [0, 0.1) is 11.8 Å². The highest BCUT2D eigenvalue weighted by molar-refractivity contribution is 5.41. The molecular weight excluding hydrogens is 228 g/mol. The van der Waals surface area contributed by atoms with Gasteiger partial charge in [-0.15, -0.1) is 0 Å². The van der Waals surface area contributed by atoms with E-state index in [9.17, 15) is 0 Å². The van der Waals surface area contributed by atoms with Crippen molar-refractivity contribution in [2.24, 2.45) is 17.6 Å². The van der Waals surface area contributed by atoms with Crippen molar-refractivity contribution in [1.29, 1.82) is 0 Å². The number of aromatic nitrogens is 2. The van der Waals surface area contributed by atoms with E-state index < -0.39 is 0 Å². The highest BCUT2D eigenvalue weighted by Gasteiger charge is 2.26. The molecule has 0 spiro atoms. The van der Waals surface area contributed by atoms with Crippen molar-refractivity contribution in [3.63, 3.8) is 0 Å². The van der Waals surface area contributed by atoms with Gasteiger partial charge in [0.25, 0.3) is 0 Å². The normalized spacial score (nSPS) is 24.1. The van der Waals surface area contributed by atoms with Gasteiger partial charge in [-0.2, -0.15) is 0 Å². The van der Waals surface area contributed by atoms with Crippen LogP contribution in [-0.4, -0.2) is 36.2 Å². The molecule has 1 aromatic heterocycles. The van der Waals surface area contributed by atoms with Gasteiger partial charge < -0.3 is 15.4 Å². The van der Waals surface area contributed by atoms with Gasteiger partial charge in [-0.3, -0.25) is 0 Å². The molecule has 0 aromatic carbocycles. The van der Waals surface area contributed by atoms with Crippen LogP contribution < -0.4 is 15.4 Å². The average Bonchev–Trinajstić information content (AvgIpc) is 2.40. The molecule has 0 bridgehead atoms. The van der Waals surface area contributed by atoms with Crippen molar-refractivity contribution >= 4 is 5.82 Å². The van der Waals surface area contributed by atoms with Crippen LogP contribution in [0.25, 0.3) is 0 Å². The molecule has 5 heteroatoms. The summed E-state index contributed by atoms with van der Waals surface area (Å²) in [7, 11) is 0. The minimum absolute atomic E-state index is 0.546. The quantitative estimate of drug-likeness (QED) is 0.872. The van der Waals surface area contributed by atoms with E-state index in [0.717, 1.165) is 31.9 Å². The first kappa shape index (κ1) is 13.1. The Balaban J connectivity index is 2.09. The first-order chi connectivity index (χ1) is 8.74. The highest BCUT2D eigenvalue weighted by atomic mass is 16.5. The molecule has 2 rings (SSSR count). The molecule has 1 aromatic rings. The molecule has 2 heterocycles. The molecule has 0 radical (unpaired) electrons. The monoisotopic (exact) mass is 250 g/mol. The Hall–Kier alpha value is -1.36. The fourth-order valence-corrected chi connectivity index (χ4v) is 2.39. The molecule has 0 amide bonds. The Bertz CT molecular complexity index is 385. The van der Waals surface area contributed by atoms with E-state index in [1.54, 1.807) is 6.33 Å². The van der Waals surface area contributed by atoms with E-state index in [0.29, 0.717) is 24.3 Å². The molecule has 1 aliphatic heterocycles. The van der Waals surface area contributed by atoms with Gasteiger partial charge in [-0.05, 0) is 31.7 Å². The Kier molecular flexibility index (Phi) is 4.36. The number of hydrogen-bond acceptors (Lipinski definition) is 5. The van der Waals surface area contributed by atoms with Crippen LogP contribution in [0.3, 0.4) is 0 Å². The van der Waals surface area contributed by atoms with Gasteiger partial charge in [-0.25, -0.2) is 9.97 Å². The van der Waals surface area contributed by atoms with Crippen LogP contribution in [-0.2, 0) is 0 Å². The average molecular weight is 250 g/mol. The third-order valence-corrected chi connectivity index (χ3v) is 3.66. The predicted octanol–water partition coefficient (Wildman–Crippen LogP) is 1.30. The lowest BCUT2D eigenvalue weighted by atomic mass is 9.87. The fraction of sp³-hybridized carbons (Fsp3) is 0.692. The molecule has 1 fully saturated rings. The number of anilines is 1. The molecule has 18 heavy (non-hydrogen) atoms. The second kappa shape index (κ2) is 6.00. The summed E-state index contributed by atoms with van der Waals surface area (Å²) in [6, 6.07) is 1.91. The lowest BCUT2D eigenvalue weighted by molar-refractivity contribution is 0.305. The van der Waals surface area contributed by atoms with Gasteiger partial charge in [0.1, 0.15) is 12.1 Å². The molecular formula is C13H22N4O. The maximum Gasteiger partial charge on any atom is 0.218 e. The van der Waals surface area contributed by atoms with Crippen molar-refractivity contribution in [1.82, 2.24) is 9.97 Å². The van der Waals surface area contributed by atoms with E-state index >= 15 is 0 Å². The van der Waals surface area contributed by atoms with Crippen molar-refractivity contribution in [2.75, 3.05) is 31.1 Å². The zero-order valence-corrected chi connectivity index (χ0v) is 11.2. The summed E-state index contributed by atoms with van der Waals surface area (Å²) in [6.07, 6.45) is 2.73. The lowest BCUT2D eigenvalue weighted by Crippen LogP contribution is -2.43. The van der Waals surface area contributed by atoms with Crippen LogP contribution in [0.2, 0.25) is 0 Å². The van der Waals surface area contributed by atoms with Crippen molar-refractivity contribution in [3.05, 3.63) is 12.4 Å². The number of hydrogen-bond donors (Lipinski definition) is 1. The number of ether oxygens (including phenoxy) is 1. The van der Waals surface area contributed by atoms with Crippen molar-refractivity contribution in [2.45, 2.75) is 20.3 Å². The van der Waals surface area contributed by atoms with Crippen LogP contribution in [0.5, 0.6) is 5.88 Å². The zero-order valence-electron chi connectivity index (χ0n) is 11.2. The summed E-state index contributed by atoms with van der Waals surface area (Å²) in [5.74, 6) is 2.83.